The lowest BCUT2D eigenvalue weighted by Gasteiger charge is -2.05. The molecule has 0 unspecified atom stereocenters. The molecule has 0 saturated carbocycles. The van der Waals surface area contributed by atoms with Crippen LogP contribution in [-0.4, -0.2) is 18.5 Å². The van der Waals surface area contributed by atoms with Crippen LogP contribution in [0.4, 0.5) is 4.39 Å². The summed E-state index contributed by atoms with van der Waals surface area (Å²) in [6.45, 7) is 2.18. The molecular weight excluding hydrogens is 251 g/mol. The summed E-state index contributed by atoms with van der Waals surface area (Å²) in [7, 11) is 0. The molecule has 0 N–H and O–H groups in total. The Morgan fingerprint density at radius 2 is 1.63 bits per heavy atom. The zero-order valence-corrected chi connectivity index (χ0v) is 10.9. The van der Waals surface area contributed by atoms with Gasteiger partial charge in [0.1, 0.15) is 12.4 Å². The van der Waals surface area contributed by atoms with Crippen molar-refractivity contribution in [3.05, 3.63) is 35.6 Å². The number of benzene rings is 1. The van der Waals surface area contributed by atoms with E-state index in [4.69, 9.17) is 9.47 Å². The standard InChI is InChI=1S/C14H17FO4/c1-2-18-13(16)4-3-5-14(17)19-10-11-6-8-12(15)9-7-11/h6-9H,2-5,10H2,1H3. The molecule has 0 heterocycles. The Balaban J connectivity index is 2.17. The molecule has 1 rings (SSSR count). The van der Waals surface area contributed by atoms with Gasteiger partial charge in [-0.25, -0.2) is 4.39 Å². The molecule has 1 aromatic carbocycles. The Bertz CT molecular complexity index is 414. The fourth-order valence-corrected chi connectivity index (χ4v) is 1.43. The molecule has 0 saturated heterocycles. The molecule has 1 aromatic rings. The van der Waals surface area contributed by atoms with Crippen LogP contribution < -0.4 is 0 Å². The SMILES string of the molecule is CCOC(=O)CCCC(=O)OCc1ccc(F)cc1. The number of carbonyl (C=O) groups excluding carboxylic acids is 2. The molecule has 5 heteroatoms. The smallest absolute Gasteiger partial charge is 0.306 e. The van der Waals surface area contributed by atoms with Gasteiger partial charge in [-0.1, -0.05) is 12.1 Å². The predicted molar refractivity (Wildman–Crippen MR) is 66.7 cm³/mol. The molecule has 0 spiro atoms. The van der Waals surface area contributed by atoms with Gasteiger partial charge in [0.25, 0.3) is 0 Å². The summed E-state index contributed by atoms with van der Waals surface area (Å²) in [4.78, 5) is 22.4. The first-order valence-electron chi connectivity index (χ1n) is 6.17. The number of rotatable bonds is 7. The number of ether oxygens (including phenoxy) is 2. The van der Waals surface area contributed by atoms with E-state index < -0.39 is 0 Å². The maximum atomic E-state index is 12.6. The second kappa shape index (κ2) is 8.24. The highest BCUT2D eigenvalue weighted by Gasteiger charge is 2.07. The van der Waals surface area contributed by atoms with Gasteiger partial charge in [-0.2, -0.15) is 0 Å². The lowest BCUT2D eigenvalue weighted by atomic mass is 10.2. The Morgan fingerprint density at radius 3 is 2.21 bits per heavy atom. The third kappa shape index (κ3) is 6.55. The topological polar surface area (TPSA) is 52.6 Å². The average molecular weight is 268 g/mol. The molecule has 4 nitrogen and oxygen atoms in total. The van der Waals surface area contributed by atoms with Crippen molar-refractivity contribution >= 4 is 11.9 Å². The van der Waals surface area contributed by atoms with E-state index in [1.807, 2.05) is 0 Å². The van der Waals surface area contributed by atoms with E-state index in [0.717, 1.165) is 5.56 Å². The fraction of sp³-hybridized carbons (Fsp3) is 0.429. The van der Waals surface area contributed by atoms with Crippen LogP contribution in [0, 0.1) is 5.82 Å². The van der Waals surface area contributed by atoms with Gasteiger partial charge in [0.2, 0.25) is 0 Å². The Morgan fingerprint density at radius 1 is 1.05 bits per heavy atom. The van der Waals surface area contributed by atoms with Gasteiger partial charge in [0.05, 0.1) is 6.61 Å². The summed E-state index contributed by atoms with van der Waals surface area (Å²) in [6, 6.07) is 5.73. The van der Waals surface area contributed by atoms with Gasteiger partial charge >= 0.3 is 11.9 Å². The summed E-state index contributed by atoms with van der Waals surface area (Å²) in [5.74, 6) is -1.02. The van der Waals surface area contributed by atoms with Crippen molar-refractivity contribution in [2.45, 2.75) is 32.8 Å². The predicted octanol–water partition coefficient (Wildman–Crippen LogP) is 2.60. The van der Waals surface area contributed by atoms with E-state index in [2.05, 4.69) is 0 Å². The zero-order valence-electron chi connectivity index (χ0n) is 10.9. The van der Waals surface area contributed by atoms with Crippen molar-refractivity contribution in [2.75, 3.05) is 6.61 Å². The number of esters is 2. The lowest BCUT2D eigenvalue weighted by Crippen LogP contribution is -2.08. The minimum Gasteiger partial charge on any atom is -0.466 e. The van der Waals surface area contributed by atoms with Gasteiger partial charge in [-0.15, -0.1) is 0 Å². The van der Waals surface area contributed by atoms with E-state index in [1.54, 1.807) is 19.1 Å². The molecule has 0 fully saturated rings. The molecule has 0 aromatic heterocycles. The monoisotopic (exact) mass is 268 g/mol. The Kier molecular flexibility index (Phi) is 6.57. The molecule has 0 aliphatic rings. The van der Waals surface area contributed by atoms with Crippen LogP contribution >= 0.6 is 0 Å². The summed E-state index contributed by atoms with van der Waals surface area (Å²) in [5.41, 5.74) is 0.722. The molecule has 0 atom stereocenters. The largest absolute Gasteiger partial charge is 0.466 e. The highest BCUT2D eigenvalue weighted by Crippen LogP contribution is 2.06. The van der Waals surface area contributed by atoms with Crippen LogP contribution in [0.2, 0.25) is 0 Å². The first-order chi connectivity index (χ1) is 9.11. The molecule has 0 bridgehead atoms. The normalized spacial score (nSPS) is 10.0. The Hall–Kier alpha value is -1.91. The molecule has 0 radical (unpaired) electrons. The highest BCUT2D eigenvalue weighted by molar-refractivity contribution is 5.72. The second-order valence-corrected chi connectivity index (χ2v) is 3.95. The van der Waals surface area contributed by atoms with E-state index in [-0.39, 0.29) is 37.2 Å². The minimum atomic E-state index is -0.381. The van der Waals surface area contributed by atoms with E-state index in [9.17, 15) is 14.0 Å². The third-order valence-corrected chi connectivity index (χ3v) is 2.38. The minimum absolute atomic E-state index is 0.110. The summed E-state index contributed by atoms with van der Waals surface area (Å²) in [6.07, 6.45) is 0.778. The second-order valence-electron chi connectivity index (χ2n) is 3.95. The molecule has 104 valence electrons. The van der Waals surface area contributed by atoms with Crippen molar-refractivity contribution in [3.8, 4) is 0 Å². The molecule has 0 aliphatic heterocycles. The zero-order chi connectivity index (χ0) is 14.1. The average Bonchev–Trinajstić information content (AvgIpc) is 2.38. The van der Waals surface area contributed by atoms with E-state index in [0.29, 0.717) is 13.0 Å². The highest BCUT2D eigenvalue weighted by atomic mass is 19.1. The quantitative estimate of drug-likeness (QED) is 0.713. The number of halogens is 1. The van der Waals surface area contributed by atoms with Crippen molar-refractivity contribution in [3.63, 3.8) is 0 Å². The van der Waals surface area contributed by atoms with Crippen LogP contribution in [0.3, 0.4) is 0 Å². The Labute approximate surface area is 111 Å². The van der Waals surface area contributed by atoms with E-state index >= 15 is 0 Å². The van der Waals surface area contributed by atoms with Gasteiger partial charge in [0, 0.05) is 12.8 Å². The van der Waals surface area contributed by atoms with Crippen molar-refractivity contribution in [1.29, 1.82) is 0 Å². The summed E-state index contributed by atoms with van der Waals surface area (Å²) >= 11 is 0. The molecule has 0 aliphatic carbocycles. The van der Waals surface area contributed by atoms with Crippen molar-refractivity contribution < 1.29 is 23.5 Å². The van der Waals surface area contributed by atoms with Gasteiger partial charge in [0.15, 0.2) is 0 Å². The van der Waals surface area contributed by atoms with Crippen LogP contribution in [0.5, 0.6) is 0 Å². The maximum absolute atomic E-state index is 12.6. The van der Waals surface area contributed by atoms with Crippen molar-refractivity contribution in [1.82, 2.24) is 0 Å². The van der Waals surface area contributed by atoms with Crippen LogP contribution in [-0.2, 0) is 25.7 Å². The molecular formula is C14H17FO4. The van der Waals surface area contributed by atoms with Gasteiger partial charge in [-0.05, 0) is 31.0 Å². The van der Waals surface area contributed by atoms with Crippen LogP contribution in [0.25, 0.3) is 0 Å². The van der Waals surface area contributed by atoms with E-state index in [1.165, 1.54) is 12.1 Å². The first kappa shape index (κ1) is 15.1. The molecule has 19 heavy (non-hydrogen) atoms. The van der Waals surface area contributed by atoms with Gasteiger partial charge in [-0.3, -0.25) is 9.59 Å². The van der Waals surface area contributed by atoms with Gasteiger partial charge < -0.3 is 9.47 Å². The van der Waals surface area contributed by atoms with Crippen LogP contribution in [0.15, 0.2) is 24.3 Å². The van der Waals surface area contributed by atoms with Crippen molar-refractivity contribution in [2.24, 2.45) is 0 Å². The fourth-order valence-electron chi connectivity index (χ4n) is 1.43. The number of hydrogen-bond donors (Lipinski definition) is 0. The maximum Gasteiger partial charge on any atom is 0.306 e. The first-order valence-corrected chi connectivity index (χ1v) is 6.17. The molecule has 0 amide bonds. The number of carbonyl (C=O) groups is 2. The summed E-state index contributed by atoms with van der Waals surface area (Å²) < 4.78 is 22.4. The van der Waals surface area contributed by atoms with Crippen LogP contribution in [0.1, 0.15) is 31.7 Å². The third-order valence-electron chi connectivity index (χ3n) is 2.38. The number of hydrogen-bond acceptors (Lipinski definition) is 4. The lowest BCUT2D eigenvalue weighted by molar-refractivity contribution is -0.146. The summed E-state index contributed by atoms with van der Waals surface area (Å²) in [5, 5.41) is 0.